The molecule has 4 aliphatic heterocycles. The molecule has 0 aromatic rings. The molecule has 0 radical (unpaired) electrons. The maximum Gasteiger partial charge on any atom is 0.240 e. The van der Waals surface area contributed by atoms with Gasteiger partial charge < -0.3 is 41.2 Å². The summed E-state index contributed by atoms with van der Waals surface area (Å²) >= 11 is 1.36. The number of carbonyl (C=O) groups excluding carboxylic acids is 1. The molecule has 9 unspecified atom stereocenters. The average Bonchev–Trinajstić information content (AvgIpc) is 3.03. The van der Waals surface area contributed by atoms with Crippen LogP contribution in [0, 0.1) is 5.92 Å². The highest BCUT2D eigenvalue weighted by Gasteiger charge is 2.49. The molecule has 4 heterocycles. The summed E-state index contributed by atoms with van der Waals surface area (Å²) in [5, 5.41) is 37.9. The summed E-state index contributed by atoms with van der Waals surface area (Å²) in [4.78, 5) is 13.2. The van der Waals surface area contributed by atoms with E-state index in [0.29, 0.717) is 31.9 Å². The average molecular weight is 458 g/mol. The molecular weight excluding hydrogens is 422 g/mol. The van der Waals surface area contributed by atoms with E-state index in [2.05, 4.69) is 10.6 Å². The van der Waals surface area contributed by atoms with Crippen molar-refractivity contribution in [3.05, 3.63) is 12.2 Å². The first kappa shape index (κ1) is 23.4. The first-order valence-electron chi connectivity index (χ1n) is 11.3. The monoisotopic (exact) mass is 457 g/mol. The number of aliphatic hydroxyl groups is 3. The van der Waals surface area contributed by atoms with Gasteiger partial charge in [0.1, 0.15) is 35.9 Å². The minimum Gasteiger partial charge on any atom is -0.388 e. The number of aliphatic hydroxyl groups excluding tert-OH is 3. The van der Waals surface area contributed by atoms with Crippen LogP contribution in [0.25, 0.3) is 0 Å². The van der Waals surface area contributed by atoms with Gasteiger partial charge in [0.25, 0.3) is 0 Å². The number of hydrogen-bond acceptors (Lipinski definition) is 9. The van der Waals surface area contributed by atoms with E-state index in [1.165, 1.54) is 11.8 Å². The second kappa shape index (κ2) is 10.5. The van der Waals surface area contributed by atoms with E-state index < -0.39 is 41.9 Å². The molecule has 176 valence electrons. The molecule has 2 bridgehead atoms. The second-order valence-electron chi connectivity index (χ2n) is 8.97. The molecule has 0 saturated carbocycles. The lowest BCUT2D eigenvalue weighted by Gasteiger charge is -2.44. The van der Waals surface area contributed by atoms with E-state index in [1.807, 2.05) is 12.2 Å². The van der Waals surface area contributed by atoms with Crippen molar-refractivity contribution in [2.45, 2.75) is 85.4 Å². The van der Waals surface area contributed by atoms with Crippen LogP contribution < -0.4 is 16.4 Å². The third-order valence-electron chi connectivity index (χ3n) is 6.83. The normalized spacial score (nSPS) is 47.1. The molecule has 4 aliphatic rings. The molecule has 3 fully saturated rings. The molecule has 10 heteroatoms. The summed E-state index contributed by atoms with van der Waals surface area (Å²) in [5.41, 5.74) is 5.10. The van der Waals surface area contributed by atoms with Crippen molar-refractivity contribution in [2.75, 3.05) is 19.7 Å². The molecule has 0 aromatic carbocycles. The predicted molar refractivity (Wildman–Crippen MR) is 116 cm³/mol. The number of allylic oxidation sites excluding steroid dienone is 1. The van der Waals surface area contributed by atoms with Crippen LogP contribution in [0.3, 0.4) is 0 Å². The molecule has 4 rings (SSSR count). The van der Waals surface area contributed by atoms with Gasteiger partial charge >= 0.3 is 0 Å². The predicted octanol–water partition coefficient (Wildman–Crippen LogP) is -1.15. The topological polar surface area (TPSA) is 146 Å². The van der Waals surface area contributed by atoms with Gasteiger partial charge in [0.2, 0.25) is 5.91 Å². The van der Waals surface area contributed by atoms with Crippen molar-refractivity contribution in [3.63, 3.8) is 0 Å². The fourth-order valence-electron chi connectivity index (χ4n) is 5.01. The highest BCUT2D eigenvalue weighted by molar-refractivity contribution is 8.00. The van der Waals surface area contributed by atoms with Gasteiger partial charge in [-0.25, -0.2) is 0 Å². The minimum absolute atomic E-state index is 0.0251. The molecule has 0 aliphatic carbocycles. The number of fused-ring (bicyclic) bond motifs is 3. The smallest absolute Gasteiger partial charge is 0.240 e. The second-order valence-corrected chi connectivity index (χ2v) is 10.4. The molecule has 7 N–H and O–H groups in total. The Kier molecular flexibility index (Phi) is 7.92. The van der Waals surface area contributed by atoms with Gasteiger partial charge in [-0.1, -0.05) is 18.6 Å². The summed E-state index contributed by atoms with van der Waals surface area (Å²) in [7, 11) is 0. The molecule has 3 saturated heterocycles. The van der Waals surface area contributed by atoms with Crippen LogP contribution in [0.2, 0.25) is 0 Å². The summed E-state index contributed by atoms with van der Waals surface area (Å²) < 4.78 is 12.0. The molecule has 1 amide bonds. The molecule has 0 spiro atoms. The van der Waals surface area contributed by atoms with Crippen molar-refractivity contribution >= 4 is 17.7 Å². The van der Waals surface area contributed by atoms with Crippen LogP contribution in [-0.2, 0) is 14.3 Å². The van der Waals surface area contributed by atoms with Gasteiger partial charge in [-0.15, -0.1) is 11.8 Å². The Bertz CT molecular complexity index is 655. The zero-order chi connectivity index (χ0) is 22.0. The van der Waals surface area contributed by atoms with E-state index in [9.17, 15) is 20.1 Å². The Morgan fingerprint density at radius 2 is 1.94 bits per heavy atom. The third kappa shape index (κ3) is 5.11. The van der Waals surface area contributed by atoms with Crippen LogP contribution in [-0.4, -0.2) is 94.2 Å². The van der Waals surface area contributed by atoms with E-state index in [1.54, 1.807) is 0 Å². The summed E-state index contributed by atoms with van der Waals surface area (Å²) in [5.74, 6) is 0.134. The van der Waals surface area contributed by atoms with E-state index >= 15 is 0 Å². The Morgan fingerprint density at radius 3 is 2.74 bits per heavy atom. The summed E-state index contributed by atoms with van der Waals surface area (Å²) in [6.07, 6.45) is 3.33. The number of thioether (sulfide) groups is 1. The quantitative estimate of drug-likeness (QED) is 0.289. The maximum atomic E-state index is 13.2. The number of amides is 1. The number of carbonyl (C=O) groups is 1. The van der Waals surface area contributed by atoms with Gasteiger partial charge in [-0.2, -0.15) is 0 Å². The van der Waals surface area contributed by atoms with Gasteiger partial charge in [0.15, 0.2) is 0 Å². The van der Waals surface area contributed by atoms with Gasteiger partial charge in [0, 0.05) is 24.9 Å². The molecule has 0 aromatic heterocycles. The van der Waals surface area contributed by atoms with E-state index in [4.69, 9.17) is 15.2 Å². The van der Waals surface area contributed by atoms with Crippen molar-refractivity contribution < 1.29 is 29.6 Å². The Hall–Kier alpha value is -0.720. The Morgan fingerprint density at radius 1 is 1.13 bits per heavy atom. The molecule has 9 nitrogen and oxygen atoms in total. The number of nitrogens with one attached hydrogen (secondary N) is 2. The number of nitrogens with two attached hydrogens (primary N) is 1. The number of hydrogen-bond donors (Lipinski definition) is 6. The first-order chi connectivity index (χ1) is 15.0. The molecule has 31 heavy (non-hydrogen) atoms. The van der Waals surface area contributed by atoms with E-state index in [-0.39, 0.29) is 17.3 Å². The van der Waals surface area contributed by atoms with Crippen molar-refractivity contribution in [2.24, 2.45) is 11.7 Å². The van der Waals surface area contributed by atoms with Crippen LogP contribution in [0.5, 0.6) is 0 Å². The summed E-state index contributed by atoms with van der Waals surface area (Å²) in [6, 6.07) is -1.00. The Balaban J connectivity index is 1.50. The van der Waals surface area contributed by atoms with E-state index in [0.717, 1.165) is 25.8 Å². The van der Waals surface area contributed by atoms with Crippen molar-refractivity contribution in [3.8, 4) is 0 Å². The van der Waals surface area contributed by atoms with Crippen LogP contribution in [0.4, 0.5) is 0 Å². The van der Waals surface area contributed by atoms with Crippen LogP contribution in [0.1, 0.15) is 32.1 Å². The van der Waals surface area contributed by atoms with Crippen LogP contribution in [0.15, 0.2) is 12.2 Å². The lowest BCUT2D eigenvalue weighted by Crippen LogP contribution is -2.64. The van der Waals surface area contributed by atoms with Gasteiger partial charge in [0.05, 0.1) is 12.1 Å². The van der Waals surface area contributed by atoms with Crippen molar-refractivity contribution in [1.29, 1.82) is 0 Å². The van der Waals surface area contributed by atoms with Crippen molar-refractivity contribution in [1.82, 2.24) is 10.6 Å². The third-order valence-corrected chi connectivity index (χ3v) is 8.26. The highest BCUT2D eigenvalue weighted by atomic mass is 32.2. The molecule has 10 atom stereocenters. The van der Waals surface area contributed by atoms with Gasteiger partial charge in [-0.3, -0.25) is 4.79 Å². The standard InChI is InChI=1S/C21H35N3O6S/c22-9-12-6-1-2-7-13(19-16(26)15(25)17(27)21(30-19)31-12)24-20(28)14-18-11(10-23-14)5-3-4-8-29-18/h1-2,11-19,21,23,25-27H,3-10,22H2,(H,24,28)/b2-1-/t11?,12-,13?,14?,15?,16?,17?,18?,19?,21?/m1/s1. The lowest BCUT2D eigenvalue weighted by atomic mass is 9.92. The summed E-state index contributed by atoms with van der Waals surface area (Å²) in [6.45, 7) is 1.81. The molecular formula is C21H35N3O6S. The van der Waals surface area contributed by atoms with Gasteiger partial charge in [-0.05, 0) is 31.6 Å². The minimum atomic E-state index is -1.36. The maximum absolute atomic E-state index is 13.2. The first-order valence-corrected chi connectivity index (χ1v) is 12.3. The highest BCUT2D eigenvalue weighted by Crippen LogP contribution is 2.35. The Labute approximate surface area is 187 Å². The SMILES string of the molecule is NC[C@H]1C/C=C\CC(NC(=O)C2NCC3CCCCOC32)C2OC(S1)C(O)C(O)C2O. The number of rotatable bonds is 3. The largest absolute Gasteiger partial charge is 0.388 e. The van der Waals surface area contributed by atoms with Crippen LogP contribution >= 0.6 is 11.8 Å². The fourth-order valence-corrected chi connectivity index (χ4v) is 6.23. The zero-order valence-corrected chi connectivity index (χ0v) is 18.5. The number of ether oxygens (including phenoxy) is 2. The lowest BCUT2D eigenvalue weighted by molar-refractivity contribution is -0.205. The fraction of sp³-hybridized carbons (Fsp3) is 0.857. The zero-order valence-electron chi connectivity index (χ0n) is 17.6.